The van der Waals surface area contributed by atoms with Gasteiger partial charge >= 0.3 is 0 Å². The van der Waals surface area contributed by atoms with Gasteiger partial charge in [-0.05, 0) is 36.8 Å². The van der Waals surface area contributed by atoms with Crippen molar-refractivity contribution in [3.05, 3.63) is 54.4 Å². The molecule has 0 aliphatic carbocycles. The average Bonchev–Trinajstić information content (AvgIpc) is 3.17. The minimum Gasteiger partial charge on any atom is -0.493 e. The Morgan fingerprint density at radius 3 is 2.85 bits per heavy atom. The predicted octanol–water partition coefficient (Wildman–Crippen LogP) is 3.30. The molecule has 26 heavy (non-hydrogen) atoms. The zero-order valence-electron chi connectivity index (χ0n) is 14.6. The third kappa shape index (κ3) is 2.88. The SMILES string of the molecule is CCOc1ccc(CNc2nc3ccccc3c3nncn23)cc1OC. The molecular formula is C19H19N5O2. The highest BCUT2D eigenvalue weighted by Gasteiger charge is 2.10. The van der Waals surface area contributed by atoms with Crippen molar-refractivity contribution in [3.63, 3.8) is 0 Å². The first kappa shape index (κ1) is 16.1. The molecular weight excluding hydrogens is 330 g/mol. The highest BCUT2D eigenvalue weighted by Crippen LogP contribution is 2.28. The molecule has 2 aromatic heterocycles. The first-order valence-electron chi connectivity index (χ1n) is 8.42. The molecule has 0 atom stereocenters. The molecule has 4 rings (SSSR count). The molecule has 0 saturated heterocycles. The Kier molecular flexibility index (Phi) is 4.27. The molecule has 0 amide bonds. The molecule has 0 bridgehead atoms. The summed E-state index contributed by atoms with van der Waals surface area (Å²) >= 11 is 0. The third-order valence-corrected chi connectivity index (χ3v) is 4.13. The van der Waals surface area contributed by atoms with Crippen LogP contribution in [0.5, 0.6) is 11.5 Å². The van der Waals surface area contributed by atoms with Crippen molar-refractivity contribution >= 4 is 22.5 Å². The van der Waals surface area contributed by atoms with Gasteiger partial charge in [-0.25, -0.2) is 4.98 Å². The molecule has 0 aliphatic heterocycles. The number of aromatic nitrogens is 4. The molecule has 0 saturated carbocycles. The number of methoxy groups -OCH3 is 1. The van der Waals surface area contributed by atoms with Gasteiger partial charge in [-0.1, -0.05) is 18.2 Å². The van der Waals surface area contributed by atoms with Crippen LogP contribution in [0.3, 0.4) is 0 Å². The lowest BCUT2D eigenvalue weighted by Gasteiger charge is -2.12. The largest absolute Gasteiger partial charge is 0.493 e. The molecule has 132 valence electrons. The van der Waals surface area contributed by atoms with E-state index in [1.807, 2.05) is 53.8 Å². The Bertz CT molecular complexity index is 1060. The van der Waals surface area contributed by atoms with Crippen LogP contribution >= 0.6 is 0 Å². The van der Waals surface area contributed by atoms with Gasteiger partial charge in [0, 0.05) is 11.9 Å². The van der Waals surface area contributed by atoms with Gasteiger partial charge in [-0.15, -0.1) is 10.2 Å². The lowest BCUT2D eigenvalue weighted by Crippen LogP contribution is -2.07. The van der Waals surface area contributed by atoms with Crippen LogP contribution in [0.25, 0.3) is 16.6 Å². The molecule has 2 heterocycles. The summed E-state index contributed by atoms with van der Waals surface area (Å²) in [6.45, 7) is 3.13. The van der Waals surface area contributed by atoms with Crippen molar-refractivity contribution in [2.24, 2.45) is 0 Å². The van der Waals surface area contributed by atoms with E-state index in [-0.39, 0.29) is 0 Å². The van der Waals surface area contributed by atoms with Gasteiger partial charge < -0.3 is 14.8 Å². The molecule has 7 nitrogen and oxygen atoms in total. The van der Waals surface area contributed by atoms with Crippen molar-refractivity contribution in [2.75, 3.05) is 19.0 Å². The van der Waals surface area contributed by atoms with Crippen molar-refractivity contribution in [1.82, 2.24) is 19.6 Å². The number of ether oxygens (including phenoxy) is 2. The highest BCUT2D eigenvalue weighted by atomic mass is 16.5. The summed E-state index contributed by atoms with van der Waals surface area (Å²) in [5, 5.41) is 12.6. The molecule has 0 radical (unpaired) electrons. The van der Waals surface area contributed by atoms with E-state index in [0.717, 1.165) is 27.9 Å². The second kappa shape index (κ2) is 6.87. The third-order valence-electron chi connectivity index (χ3n) is 4.13. The van der Waals surface area contributed by atoms with Crippen LogP contribution in [0.2, 0.25) is 0 Å². The fraction of sp³-hybridized carbons (Fsp3) is 0.211. The number of rotatable bonds is 6. The Balaban J connectivity index is 1.64. The lowest BCUT2D eigenvalue weighted by atomic mass is 10.2. The molecule has 7 heteroatoms. The number of hydrogen-bond acceptors (Lipinski definition) is 6. The van der Waals surface area contributed by atoms with E-state index in [1.165, 1.54) is 0 Å². The molecule has 0 unspecified atom stereocenters. The van der Waals surface area contributed by atoms with Crippen LogP contribution in [-0.4, -0.2) is 33.3 Å². The Morgan fingerprint density at radius 1 is 1.12 bits per heavy atom. The number of para-hydroxylation sites is 1. The second-order valence-electron chi connectivity index (χ2n) is 5.75. The van der Waals surface area contributed by atoms with Gasteiger partial charge in [0.2, 0.25) is 5.95 Å². The van der Waals surface area contributed by atoms with Crippen LogP contribution in [-0.2, 0) is 6.54 Å². The van der Waals surface area contributed by atoms with Crippen LogP contribution in [0, 0.1) is 0 Å². The Morgan fingerprint density at radius 2 is 2.00 bits per heavy atom. The van der Waals surface area contributed by atoms with E-state index in [4.69, 9.17) is 14.5 Å². The van der Waals surface area contributed by atoms with Gasteiger partial charge in [-0.2, -0.15) is 0 Å². The standard InChI is InChI=1S/C19H19N5O2/c1-3-26-16-9-8-13(10-17(16)25-2)11-20-19-22-15-7-5-4-6-14(15)18-23-21-12-24(18)19/h4-10,12H,3,11H2,1-2H3,(H,20,22). The fourth-order valence-electron chi connectivity index (χ4n) is 2.90. The minimum atomic E-state index is 0.585. The number of hydrogen-bond donors (Lipinski definition) is 1. The normalized spacial score (nSPS) is 11.0. The van der Waals surface area contributed by atoms with E-state index >= 15 is 0 Å². The van der Waals surface area contributed by atoms with Gasteiger partial charge in [0.05, 0.1) is 19.2 Å². The number of anilines is 1. The molecule has 4 aromatic rings. The van der Waals surface area contributed by atoms with Crippen molar-refractivity contribution in [3.8, 4) is 11.5 Å². The summed E-state index contributed by atoms with van der Waals surface area (Å²) in [6.07, 6.45) is 1.66. The van der Waals surface area contributed by atoms with Crippen LogP contribution < -0.4 is 14.8 Å². The fourth-order valence-corrected chi connectivity index (χ4v) is 2.90. The van der Waals surface area contributed by atoms with Gasteiger partial charge in [0.25, 0.3) is 0 Å². The van der Waals surface area contributed by atoms with E-state index in [9.17, 15) is 0 Å². The second-order valence-corrected chi connectivity index (χ2v) is 5.75. The maximum atomic E-state index is 5.56. The number of nitrogens with one attached hydrogen (secondary N) is 1. The lowest BCUT2D eigenvalue weighted by molar-refractivity contribution is 0.310. The minimum absolute atomic E-state index is 0.585. The summed E-state index contributed by atoms with van der Waals surface area (Å²) in [6, 6.07) is 13.8. The smallest absolute Gasteiger partial charge is 0.210 e. The Labute approximate surface area is 150 Å². The number of benzene rings is 2. The molecule has 0 spiro atoms. The monoisotopic (exact) mass is 349 g/mol. The summed E-state index contributed by atoms with van der Waals surface area (Å²) in [5.74, 6) is 2.15. The summed E-state index contributed by atoms with van der Waals surface area (Å²) in [7, 11) is 1.64. The highest BCUT2D eigenvalue weighted by molar-refractivity contribution is 5.92. The molecule has 1 N–H and O–H groups in total. The summed E-state index contributed by atoms with van der Waals surface area (Å²) in [5.41, 5.74) is 2.71. The average molecular weight is 349 g/mol. The zero-order chi connectivity index (χ0) is 17.9. The van der Waals surface area contributed by atoms with Gasteiger partial charge in [0.1, 0.15) is 6.33 Å². The van der Waals surface area contributed by atoms with Crippen LogP contribution in [0.4, 0.5) is 5.95 Å². The van der Waals surface area contributed by atoms with E-state index < -0.39 is 0 Å². The van der Waals surface area contributed by atoms with Crippen LogP contribution in [0.1, 0.15) is 12.5 Å². The number of fused-ring (bicyclic) bond motifs is 3. The zero-order valence-corrected chi connectivity index (χ0v) is 14.6. The quantitative estimate of drug-likeness (QED) is 0.576. The van der Waals surface area contributed by atoms with E-state index in [1.54, 1.807) is 13.4 Å². The topological polar surface area (TPSA) is 73.6 Å². The predicted molar refractivity (Wildman–Crippen MR) is 99.8 cm³/mol. The van der Waals surface area contributed by atoms with Crippen molar-refractivity contribution in [1.29, 1.82) is 0 Å². The first-order valence-corrected chi connectivity index (χ1v) is 8.42. The Hall–Kier alpha value is -3.35. The molecule has 0 aliphatic rings. The van der Waals surface area contributed by atoms with E-state index in [2.05, 4.69) is 15.5 Å². The van der Waals surface area contributed by atoms with Gasteiger partial charge in [-0.3, -0.25) is 4.40 Å². The van der Waals surface area contributed by atoms with E-state index in [0.29, 0.717) is 24.8 Å². The maximum absolute atomic E-state index is 5.56. The summed E-state index contributed by atoms with van der Waals surface area (Å²) < 4.78 is 12.8. The van der Waals surface area contributed by atoms with Crippen LogP contribution in [0.15, 0.2) is 48.8 Å². The van der Waals surface area contributed by atoms with Crippen molar-refractivity contribution in [2.45, 2.75) is 13.5 Å². The summed E-state index contributed by atoms with van der Waals surface area (Å²) in [4.78, 5) is 4.70. The maximum Gasteiger partial charge on any atom is 0.210 e. The van der Waals surface area contributed by atoms with Crippen molar-refractivity contribution < 1.29 is 9.47 Å². The van der Waals surface area contributed by atoms with Gasteiger partial charge in [0.15, 0.2) is 17.1 Å². The molecule has 0 fully saturated rings. The molecule has 2 aromatic carbocycles. The number of nitrogens with zero attached hydrogens (tertiary/aromatic N) is 4. The first-order chi connectivity index (χ1) is 12.8.